The molecule has 0 fully saturated rings. The summed E-state index contributed by atoms with van der Waals surface area (Å²) in [6, 6.07) is 0. The van der Waals surface area contributed by atoms with Gasteiger partial charge in [-0.2, -0.15) is 0 Å². The minimum absolute atomic E-state index is 0.160. The van der Waals surface area contributed by atoms with E-state index in [0.717, 1.165) is 4.90 Å². The monoisotopic (exact) mass is 235 g/mol. The van der Waals surface area contributed by atoms with Crippen LogP contribution in [0.1, 0.15) is 20.8 Å². The molecule has 0 heterocycles. The summed E-state index contributed by atoms with van der Waals surface area (Å²) in [5, 5.41) is 0.186. The molecule has 4 heteroatoms. The zero-order valence-electron chi connectivity index (χ0n) is 7.85. The minimum atomic E-state index is -0.493. The molecule has 70 valence electrons. The highest BCUT2D eigenvalue weighted by Crippen LogP contribution is 2.16. The summed E-state index contributed by atoms with van der Waals surface area (Å²) in [6.45, 7) is 5.36. The molecule has 0 bridgehead atoms. The second kappa shape index (κ2) is 4.03. The van der Waals surface area contributed by atoms with Gasteiger partial charge in [-0.1, -0.05) is 36.7 Å². The molecule has 0 aliphatic carbocycles. The predicted molar refractivity (Wildman–Crippen MR) is 51.0 cm³/mol. The van der Waals surface area contributed by atoms with Crippen LogP contribution >= 0.6 is 15.9 Å². The van der Waals surface area contributed by atoms with Gasteiger partial charge in [-0.15, -0.1) is 0 Å². The van der Waals surface area contributed by atoms with Gasteiger partial charge in [0.15, 0.2) is 0 Å². The lowest BCUT2D eigenvalue weighted by atomic mass is 9.95. The number of alkyl halides is 1. The van der Waals surface area contributed by atoms with Gasteiger partial charge in [0.2, 0.25) is 11.8 Å². The van der Waals surface area contributed by atoms with Gasteiger partial charge in [0, 0.05) is 12.5 Å². The van der Waals surface area contributed by atoms with Gasteiger partial charge >= 0.3 is 0 Å². The largest absolute Gasteiger partial charge is 0.285 e. The quantitative estimate of drug-likeness (QED) is 0.645. The summed E-state index contributed by atoms with van der Waals surface area (Å²) in [4.78, 5) is 23.7. The van der Waals surface area contributed by atoms with Crippen molar-refractivity contribution in [1.82, 2.24) is 4.90 Å². The van der Waals surface area contributed by atoms with Crippen LogP contribution < -0.4 is 0 Å². The zero-order valence-corrected chi connectivity index (χ0v) is 9.43. The number of hydrogen-bond acceptors (Lipinski definition) is 2. The Morgan fingerprint density at radius 2 is 1.75 bits per heavy atom. The Balaban J connectivity index is 4.41. The molecular weight excluding hydrogens is 222 g/mol. The van der Waals surface area contributed by atoms with E-state index in [-0.39, 0.29) is 17.1 Å². The number of amides is 2. The fourth-order valence-corrected chi connectivity index (χ4v) is 1.08. The van der Waals surface area contributed by atoms with Crippen LogP contribution in [0.4, 0.5) is 0 Å². The van der Waals surface area contributed by atoms with Crippen LogP contribution in [-0.2, 0) is 9.59 Å². The molecule has 0 atom stereocenters. The van der Waals surface area contributed by atoms with Gasteiger partial charge in [0.1, 0.15) is 0 Å². The van der Waals surface area contributed by atoms with Crippen molar-refractivity contribution in [2.24, 2.45) is 5.41 Å². The Hall–Kier alpha value is -0.380. The first kappa shape index (κ1) is 11.6. The van der Waals surface area contributed by atoms with Crippen molar-refractivity contribution in [2.75, 3.05) is 12.4 Å². The second-order valence-electron chi connectivity index (χ2n) is 3.64. The third kappa shape index (κ3) is 2.93. The molecule has 0 aromatic carbocycles. The fourth-order valence-electron chi connectivity index (χ4n) is 0.706. The molecular formula is C8H14BrNO2. The maximum atomic E-state index is 11.4. The normalized spacial score (nSPS) is 11.1. The average molecular weight is 236 g/mol. The zero-order chi connectivity index (χ0) is 9.94. The van der Waals surface area contributed by atoms with Crippen LogP contribution in [0.2, 0.25) is 0 Å². The highest BCUT2D eigenvalue weighted by molar-refractivity contribution is 9.09. The molecule has 0 aliphatic heterocycles. The van der Waals surface area contributed by atoms with Gasteiger partial charge in [-0.25, -0.2) is 0 Å². The molecule has 0 saturated heterocycles. The summed E-state index contributed by atoms with van der Waals surface area (Å²) in [5.41, 5.74) is -0.493. The summed E-state index contributed by atoms with van der Waals surface area (Å²) in [6.07, 6.45) is 0. The van der Waals surface area contributed by atoms with Gasteiger partial charge in [0.05, 0.1) is 5.33 Å². The Morgan fingerprint density at radius 1 is 1.33 bits per heavy atom. The number of carbonyl (C=O) groups excluding carboxylic acids is 2. The standard InChI is InChI=1S/C8H14BrNO2/c1-8(2,3)7(12)10(4)6(11)5-9/h5H2,1-4H3. The maximum Gasteiger partial charge on any atom is 0.239 e. The van der Waals surface area contributed by atoms with E-state index >= 15 is 0 Å². The lowest BCUT2D eigenvalue weighted by Gasteiger charge is -2.23. The number of rotatable bonds is 1. The van der Waals surface area contributed by atoms with Gasteiger partial charge in [-0.3, -0.25) is 14.5 Å². The van der Waals surface area contributed by atoms with Crippen LogP contribution in [-0.4, -0.2) is 29.1 Å². The van der Waals surface area contributed by atoms with E-state index < -0.39 is 5.41 Å². The van der Waals surface area contributed by atoms with Gasteiger partial charge in [0.25, 0.3) is 0 Å². The highest BCUT2D eigenvalue weighted by Gasteiger charge is 2.27. The SMILES string of the molecule is CN(C(=O)CBr)C(=O)C(C)(C)C. The summed E-state index contributed by atoms with van der Waals surface area (Å²) < 4.78 is 0. The van der Waals surface area contributed by atoms with E-state index in [1.807, 2.05) is 0 Å². The molecule has 0 aliphatic rings. The lowest BCUT2D eigenvalue weighted by Crippen LogP contribution is -2.41. The number of halogens is 1. The third-order valence-corrected chi connectivity index (χ3v) is 1.91. The smallest absolute Gasteiger partial charge is 0.239 e. The van der Waals surface area contributed by atoms with Crippen molar-refractivity contribution < 1.29 is 9.59 Å². The van der Waals surface area contributed by atoms with Crippen LogP contribution in [0.3, 0.4) is 0 Å². The summed E-state index contributed by atoms with van der Waals surface area (Å²) >= 11 is 3.01. The number of nitrogens with zero attached hydrogens (tertiary/aromatic N) is 1. The minimum Gasteiger partial charge on any atom is -0.285 e. The molecule has 3 nitrogen and oxygen atoms in total. The Kier molecular flexibility index (Phi) is 3.90. The van der Waals surface area contributed by atoms with E-state index in [1.165, 1.54) is 7.05 Å². The Labute approximate surface area is 81.2 Å². The van der Waals surface area contributed by atoms with Crippen LogP contribution in [0, 0.1) is 5.41 Å². The molecule has 12 heavy (non-hydrogen) atoms. The van der Waals surface area contributed by atoms with E-state index in [1.54, 1.807) is 20.8 Å². The second-order valence-corrected chi connectivity index (χ2v) is 4.20. The van der Waals surface area contributed by atoms with Crippen LogP contribution in [0.15, 0.2) is 0 Å². The van der Waals surface area contributed by atoms with Crippen molar-refractivity contribution in [3.63, 3.8) is 0 Å². The topological polar surface area (TPSA) is 37.4 Å². The molecule has 2 amide bonds. The first-order valence-corrected chi connectivity index (χ1v) is 4.79. The summed E-state index contributed by atoms with van der Waals surface area (Å²) in [5.74, 6) is -0.373. The van der Waals surface area contributed by atoms with Crippen molar-refractivity contribution in [3.05, 3.63) is 0 Å². The fraction of sp³-hybridized carbons (Fsp3) is 0.750. The Bertz CT molecular complexity index is 196. The van der Waals surface area contributed by atoms with Gasteiger partial charge < -0.3 is 0 Å². The molecule has 0 spiro atoms. The predicted octanol–water partition coefficient (Wildman–Crippen LogP) is 1.41. The van der Waals surface area contributed by atoms with Crippen LogP contribution in [0.25, 0.3) is 0 Å². The average Bonchev–Trinajstić information content (AvgIpc) is 1.98. The molecule has 0 aromatic heterocycles. The van der Waals surface area contributed by atoms with Crippen molar-refractivity contribution in [1.29, 1.82) is 0 Å². The molecule has 0 radical (unpaired) electrons. The van der Waals surface area contributed by atoms with E-state index in [0.29, 0.717) is 0 Å². The number of imide groups is 1. The van der Waals surface area contributed by atoms with E-state index in [4.69, 9.17) is 0 Å². The van der Waals surface area contributed by atoms with Gasteiger partial charge in [-0.05, 0) is 0 Å². The first-order valence-electron chi connectivity index (χ1n) is 3.67. The highest BCUT2D eigenvalue weighted by atomic mass is 79.9. The summed E-state index contributed by atoms with van der Waals surface area (Å²) in [7, 11) is 1.50. The third-order valence-electron chi connectivity index (χ3n) is 1.43. The van der Waals surface area contributed by atoms with E-state index in [2.05, 4.69) is 15.9 Å². The van der Waals surface area contributed by atoms with Crippen LogP contribution in [0.5, 0.6) is 0 Å². The molecule has 0 unspecified atom stereocenters. The maximum absolute atomic E-state index is 11.4. The first-order chi connectivity index (χ1) is 5.30. The number of hydrogen-bond donors (Lipinski definition) is 0. The number of carbonyl (C=O) groups is 2. The molecule has 0 rings (SSSR count). The van der Waals surface area contributed by atoms with Crippen molar-refractivity contribution in [3.8, 4) is 0 Å². The van der Waals surface area contributed by atoms with Crippen molar-refractivity contribution >= 4 is 27.7 Å². The molecule has 0 saturated carbocycles. The Morgan fingerprint density at radius 3 is 2.00 bits per heavy atom. The molecule has 0 N–H and O–H groups in total. The van der Waals surface area contributed by atoms with Crippen molar-refractivity contribution in [2.45, 2.75) is 20.8 Å². The van der Waals surface area contributed by atoms with E-state index in [9.17, 15) is 9.59 Å². The lowest BCUT2D eigenvalue weighted by molar-refractivity contribution is -0.147. The molecule has 0 aromatic rings.